The average Bonchev–Trinajstić information content (AvgIpc) is 2.63. The molecule has 0 bridgehead atoms. The largest absolute Gasteiger partial charge is 0.339 e. The van der Waals surface area contributed by atoms with Crippen LogP contribution in [0.25, 0.3) is 0 Å². The van der Waals surface area contributed by atoms with Crippen molar-refractivity contribution in [3.63, 3.8) is 0 Å². The molecule has 1 aromatic heterocycles. The van der Waals surface area contributed by atoms with Gasteiger partial charge in [-0.05, 0) is 17.5 Å². The quantitative estimate of drug-likeness (QED) is 0.820. The molecular formula is C9H14ClN3OS. The molecule has 0 fully saturated rings. The van der Waals surface area contributed by atoms with Crippen molar-refractivity contribution in [1.29, 1.82) is 0 Å². The Bertz CT molecular complexity index is 342. The van der Waals surface area contributed by atoms with E-state index in [1.165, 1.54) is 0 Å². The molecule has 0 radical (unpaired) electrons. The lowest BCUT2D eigenvalue weighted by molar-refractivity contribution is 0.0773. The lowest BCUT2D eigenvalue weighted by Gasteiger charge is -2.19. The molecule has 0 spiro atoms. The first-order valence-corrected chi connectivity index (χ1v) is 5.98. The van der Waals surface area contributed by atoms with E-state index in [9.17, 15) is 4.79 Å². The van der Waals surface area contributed by atoms with Crippen LogP contribution in [0.5, 0.6) is 0 Å². The van der Waals surface area contributed by atoms with E-state index in [4.69, 9.17) is 11.6 Å². The Morgan fingerprint density at radius 2 is 2.27 bits per heavy atom. The maximum Gasteiger partial charge on any atom is 0.284 e. The van der Waals surface area contributed by atoms with Gasteiger partial charge in [-0.15, -0.1) is 10.2 Å². The van der Waals surface area contributed by atoms with Gasteiger partial charge in [0, 0.05) is 13.6 Å². The molecule has 1 atom stereocenters. The van der Waals surface area contributed by atoms with Gasteiger partial charge < -0.3 is 4.90 Å². The highest BCUT2D eigenvalue weighted by Gasteiger charge is 2.17. The predicted octanol–water partition coefficient (Wildman–Crippen LogP) is 2.31. The van der Waals surface area contributed by atoms with Gasteiger partial charge in [0.05, 0.1) is 0 Å². The second kappa shape index (κ2) is 5.42. The Balaban J connectivity index is 2.60. The van der Waals surface area contributed by atoms with Gasteiger partial charge in [-0.25, -0.2) is 0 Å². The minimum atomic E-state index is -0.111. The predicted molar refractivity (Wildman–Crippen MR) is 61.3 cm³/mol. The van der Waals surface area contributed by atoms with Crippen LogP contribution in [0.2, 0.25) is 4.47 Å². The summed E-state index contributed by atoms with van der Waals surface area (Å²) in [6.07, 6.45) is 1.05. The van der Waals surface area contributed by atoms with Gasteiger partial charge in [0.15, 0.2) is 0 Å². The molecule has 1 heterocycles. The number of halogens is 1. The molecule has 4 nitrogen and oxygen atoms in total. The number of carbonyl (C=O) groups excluding carboxylic acids is 1. The van der Waals surface area contributed by atoms with Crippen LogP contribution in [0.1, 0.15) is 30.1 Å². The first-order valence-electron chi connectivity index (χ1n) is 4.79. The number of amides is 1. The van der Waals surface area contributed by atoms with E-state index >= 15 is 0 Å². The fourth-order valence-electron chi connectivity index (χ4n) is 1.13. The van der Waals surface area contributed by atoms with Gasteiger partial charge >= 0.3 is 0 Å². The summed E-state index contributed by atoms with van der Waals surface area (Å²) >= 11 is 6.73. The zero-order valence-electron chi connectivity index (χ0n) is 9.03. The highest BCUT2D eigenvalue weighted by atomic mass is 35.5. The molecule has 0 N–H and O–H groups in total. The highest BCUT2D eigenvalue weighted by Crippen LogP contribution is 2.16. The molecule has 15 heavy (non-hydrogen) atoms. The van der Waals surface area contributed by atoms with E-state index < -0.39 is 0 Å². The Labute approximate surface area is 98.3 Å². The number of nitrogens with zero attached hydrogens (tertiary/aromatic N) is 3. The van der Waals surface area contributed by atoms with E-state index in [2.05, 4.69) is 24.0 Å². The van der Waals surface area contributed by atoms with Crippen molar-refractivity contribution in [3.05, 3.63) is 9.47 Å². The molecule has 0 saturated carbocycles. The zero-order chi connectivity index (χ0) is 11.4. The first kappa shape index (κ1) is 12.4. The molecule has 1 rings (SSSR count). The molecule has 0 aliphatic heterocycles. The first-order chi connectivity index (χ1) is 7.04. The molecule has 0 aromatic carbocycles. The van der Waals surface area contributed by atoms with Crippen molar-refractivity contribution >= 4 is 28.8 Å². The molecule has 0 aliphatic carbocycles. The van der Waals surface area contributed by atoms with Gasteiger partial charge in [-0.2, -0.15) is 0 Å². The van der Waals surface area contributed by atoms with E-state index in [1.54, 1.807) is 11.9 Å². The summed E-state index contributed by atoms with van der Waals surface area (Å²) < 4.78 is 0.301. The number of carbonyl (C=O) groups is 1. The number of hydrogen-bond donors (Lipinski definition) is 0. The van der Waals surface area contributed by atoms with Crippen molar-refractivity contribution in [3.8, 4) is 0 Å². The van der Waals surface area contributed by atoms with Crippen molar-refractivity contribution in [2.24, 2.45) is 5.92 Å². The smallest absolute Gasteiger partial charge is 0.284 e. The second-order valence-corrected chi connectivity index (χ2v) is 5.12. The molecule has 84 valence electrons. The Morgan fingerprint density at radius 1 is 1.60 bits per heavy atom. The third-order valence-electron chi connectivity index (χ3n) is 2.21. The maximum absolute atomic E-state index is 11.8. The molecule has 1 unspecified atom stereocenters. The van der Waals surface area contributed by atoms with Crippen LogP contribution >= 0.6 is 22.9 Å². The van der Waals surface area contributed by atoms with Gasteiger partial charge in [-0.1, -0.05) is 31.6 Å². The van der Waals surface area contributed by atoms with E-state index in [0.717, 1.165) is 24.3 Å². The van der Waals surface area contributed by atoms with Crippen molar-refractivity contribution < 1.29 is 4.79 Å². The lowest BCUT2D eigenvalue weighted by Crippen LogP contribution is -2.30. The van der Waals surface area contributed by atoms with E-state index in [-0.39, 0.29) is 5.91 Å². The van der Waals surface area contributed by atoms with Crippen LogP contribution in [0, 0.1) is 5.92 Å². The Morgan fingerprint density at radius 3 is 2.73 bits per heavy atom. The van der Waals surface area contributed by atoms with Crippen LogP contribution in [0.4, 0.5) is 0 Å². The third-order valence-corrected chi connectivity index (χ3v) is 3.22. The highest BCUT2D eigenvalue weighted by molar-refractivity contribution is 7.17. The summed E-state index contributed by atoms with van der Waals surface area (Å²) in [6.45, 7) is 4.94. The lowest BCUT2D eigenvalue weighted by atomic mass is 10.1. The topological polar surface area (TPSA) is 46.1 Å². The second-order valence-electron chi connectivity index (χ2n) is 3.56. The van der Waals surface area contributed by atoms with E-state index in [1.807, 2.05) is 0 Å². The van der Waals surface area contributed by atoms with Gasteiger partial charge in [0.1, 0.15) is 0 Å². The standard InChI is InChI=1S/C9H14ClN3OS/c1-4-6(2)5-13(3)8(14)7-11-12-9(10)15-7/h6H,4-5H2,1-3H3. The molecule has 6 heteroatoms. The summed E-state index contributed by atoms with van der Waals surface area (Å²) in [6, 6.07) is 0. The summed E-state index contributed by atoms with van der Waals surface area (Å²) in [5.41, 5.74) is 0. The van der Waals surface area contributed by atoms with E-state index in [0.29, 0.717) is 15.4 Å². The minimum Gasteiger partial charge on any atom is -0.339 e. The van der Waals surface area contributed by atoms with Crippen LogP contribution < -0.4 is 0 Å². The van der Waals surface area contributed by atoms with Gasteiger partial charge in [0.2, 0.25) is 9.47 Å². The summed E-state index contributed by atoms with van der Waals surface area (Å²) in [7, 11) is 1.77. The van der Waals surface area contributed by atoms with Crippen molar-refractivity contribution in [1.82, 2.24) is 15.1 Å². The van der Waals surface area contributed by atoms with Crippen molar-refractivity contribution in [2.75, 3.05) is 13.6 Å². The van der Waals surface area contributed by atoms with Crippen LogP contribution in [0.15, 0.2) is 0 Å². The third kappa shape index (κ3) is 3.43. The van der Waals surface area contributed by atoms with Crippen LogP contribution in [-0.2, 0) is 0 Å². The van der Waals surface area contributed by atoms with Gasteiger partial charge in [0.25, 0.3) is 5.91 Å². The molecule has 0 saturated heterocycles. The molecule has 1 aromatic rings. The normalized spacial score (nSPS) is 12.5. The maximum atomic E-state index is 11.8. The fourth-order valence-corrected chi connectivity index (χ4v) is 1.96. The SMILES string of the molecule is CCC(C)CN(C)C(=O)c1nnc(Cl)s1. The number of hydrogen-bond acceptors (Lipinski definition) is 4. The summed E-state index contributed by atoms with van der Waals surface area (Å²) in [5.74, 6) is 0.377. The van der Waals surface area contributed by atoms with Crippen LogP contribution in [-0.4, -0.2) is 34.6 Å². The molecule has 0 aliphatic rings. The number of aromatic nitrogens is 2. The van der Waals surface area contributed by atoms with Crippen molar-refractivity contribution in [2.45, 2.75) is 20.3 Å². The summed E-state index contributed by atoms with van der Waals surface area (Å²) in [4.78, 5) is 13.4. The minimum absolute atomic E-state index is 0.111. The monoisotopic (exact) mass is 247 g/mol. The zero-order valence-corrected chi connectivity index (χ0v) is 10.6. The Kier molecular flexibility index (Phi) is 4.47. The number of rotatable bonds is 4. The summed E-state index contributed by atoms with van der Waals surface area (Å²) in [5, 5.41) is 7.67. The molecular weight excluding hydrogens is 234 g/mol. The molecule has 1 amide bonds. The van der Waals surface area contributed by atoms with Crippen LogP contribution in [0.3, 0.4) is 0 Å². The Hall–Kier alpha value is -0.680. The fraction of sp³-hybridized carbons (Fsp3) is 0.667. The van der Waals surface area contributed by atoms with Gasteiger partial charge in [-0.3, -0.25) is 4.79 Å². The average molecular weight is 248 g/mol.